The number of para-hydroxylation sites is 1. The van der Waals surface area contributed by atoms with Crippen molar-refractivity contribution < 1.29 is 13.2 Å². The zero-order valence-corrected chi connectivity index (χ0v) is 22.3. The number of hydrogen-bond acceptors (Lipinski definition) is 6. The van der Waals surface area contributed by atoms with Gasteiger partial charge in [-0.05, 0) is 55.2 Å². The number of nitrogens with one attached hydrogen (secondary N) is 1. The van der Waals surface area contributed by atoms with Crippen LogP contribution in [-0.4, -0.2) is 28.2 Å². The molecule has 8 nitrogen and oxygen atoms in total. The fourth-order valence-electron chi connectivity index (χ4n) is 4.38. The molecule has 0 amide bonds. The van der Waals surface area contributed by atoms with Crippen molar-refractivity contribution in [2.75, 3.05) is 4.72 Å². The van der Waals surface area contributed by atoms with E-state index in [1.807, 2.05) is 49.4 Å². The van der Waals surface area contributed by atoms with Gasteiger partial charge in [0, 0.05) is 24.4 Å². The Bertz CT molecular complexity index is 1540. The molecule has 0 saturated heterocycles. The summed E-state index contributed by atoms with van der Waals surface area (Å²) in [5.74, 6) is 1.71. The largest absolute Gasteiger partial charge is 0.438 e. The predicted molar refractivity (Wildman–Crippen MR) is 143 cm³/mol. The van der Waals surface area contributed by atoms with Crippen LogP contribution in [0.1, 0.15) is 49.3 Å². The van der Waals surface area contributed by atoms with Crippen LogP contribution in [0.3, 0.4) is 0 Å². The first-order chi connectivity index (χ1) is 17.7. The fraction of sp³-hybridized carbons (Fsp3) is 0.321. The van der Waals surface area contributed by atoms with Crippen molar-refractivity contribution in [1.29, 1.82) is 0 Å². The second-order valence-corrected chi connectivity index (χ2v) is 11.6. The standard InChI is InChI=1S/C28H31N5O3S/c1-18(2)15-21-10-6-7-11-23(21)26-25(20-13-14-20)27(36-24-12-8-5-9-19(24)3)31-28(30-26)32-37(34,35)22-16-29-33(4)17-22/h5-12,16-18,20H,13-15H2,1-4H3,(H,30,31,32). The molecule has 37 heavy (non-hydrogen) atoms. The van der Waals surface area contributed by atoms with Crippen molar-refractivity contribution >= 4 is 16.0 Å². The molecule has 1 N–H and O–H groups in total. The molecule has 0 atom stereocenters. The van der Waals surface area contributed by atoms with Crippen LogP contribution in [0.5, 0.6) is 11.6 Å². The Morgan fingerprint density at radius 1 is 1.08 bits per heavy atom. The van der Waals surface area contributed by atoms with Gasteiger partial charge in [0.2, 0.25) is 11.8 Å². The quantitative estimate of drug-likeness (QED) is 0.299. The third kappa shape index (κ3) is 5.51. The second kappa shape index (κ2) is 9.97. The fourth-order valence-corrected chi connectivity index (χ4v) is 5.31. The lowest BCUT2D eigenvalue weighted by molar-refractivity contribution is 0.453. The Kier molecular flexibility index (Phi) is 6.72. The molecule has 0 spiro atoms. The summed E-state index contributed by atoms with van der Waals surface area (Å²) >= 11 is 0. The molecule has 2 aromatic heterocycles. The Balaban J connectivity index is 1.68. The molecule has 1 fully saturated rings. The van der Waals surface area contributed by atoms with Crippen molar-refractivity contribution in [2.24, 2.45) is 13.0 Å². The van der Waals surface area contributed by atoms with E-state index >= 15 is 0 Å². The number of rotatable bonds is 9. The van der Waals surface area contributed by atoms with Crippen LogP contribution in [-0.2, 0) is 23.5 Å². The SMILES string of the molecule is Cc1ccccc1Oc1nc(NS(=O)(=O)c2cnn(C)c2)nc(-c2ccccc2CC(C)C)c1C1CC1. The number of benzene rings is 2. The number of hydrogen-bond donors (Lipinski definition) is 1. The van der Waals surface area contributed by atoms with Crippen molar-refractivity contribution in [3.63, 3.8) is 0 Å². The van der Waals surface area contributed by atoms with Gasteiger partial charge in [0.15, 0.2) is 0 Å². The van der Waals surface area contributed by atoms with E-state index in [0.717, 1.165) is 41.5 Å². The van der Waals surface area contributed by atoms with Gasteiger partial charge >= 0.3 is 0 Å². The highest BCUT2D eigenvalue weighted by Crippen LogP contribution is 2.49. The second-order valence-electron chi connectivity index (χ2n) is 9.97. The van der Waals surface area contributed by atoms with Crippen LogP contribution < -0.4 is 9.46 Å². The van der Waals surface area contributed by atoms with E-state index in [1.165, 1.54) is 17.1 Å². The van der Waals surface area contributed by atoms with Gasteiger partial charge in [-0.2, -0.15) is 10.1 Å². The van der Waals surface area contributed by atoms with E-state index in [9.17, 15) is 8.42 Å². The Morgan fingerprint density at radius 2 is 1.81 bits per heavy atom. The minimum Gasteiger partial charge on any atom is -0.438 e. The Morgan fingerprint density at radius 3 is 2.49 bits per heavy atom. The van der Waals surface area contributed by atoms with Gasteiger partial charge < -0.3 is 4.74 Å². The lowest BCUT2D eigenvalue weighted by Gasteiger charge is -2.19. The zero-order chi connectivity index (χ0) is 26.2. The number of anilines is 1. The average molecular weight is 518 g/mol. The van der Waals surface area contributed by atoms with E-state index < -0.39 is 10.0 Å². The topological polar surface area (TPSA) is 99.0 Å². The molecule has 1 aliphatic rings. The maximum absolute atomic E-state index is 13.1. The smallest absolute Gasteiger partial charge is 0.267 e. The molecule has 4 aromatic rings. The predicted octanol–water partition coefficient (Wildman–Crippen LogP) is 5.85. The summed E-state index contributed by atoms with van der Waals surface area (Å²) in [4.78, 5) is 9.45. The molecule has 0 radical (unpaired) electrons. The minimum absolute atomic E-state index is 0.0352. The average Bonchev–Trinajstić information content (AvgIpc) is 3.58. The van der Waals surface area contributed by atoms with E-state index in [1.54, 1.807) is 7.05 Å². The Hall–Kier alpha value is -3.72. The summed E-state index contributed by atoms with van der Waals surface area (Å²) in [6.45, 7) is 6.33. The molecule has 0 bridgehead atoms. The first-order valence-electron chi connectivity index (χ1n) is 12.5. The third-order valence-corrected chi connectivity index (χ3v) is 7.60. The highest BCUT2D eigenvalue weighted by atomic mass is 32.2. The monoisotopic (exact) mass is 517 g/mol. The van der Waals surface area contributed by atoms with Gasteiger partial charge in [0.1, 0.15) is 10.6 Å². The van der Waals surface area contributed by atoms with Crippen molar-refractivity contribution in [3.8, 4) is 22.9 Å². The lowest BCUT2D eigenvalue weighted by Crippen LogP contribution is -2.16. The summed E-state index contributed by atoms with van der Waals surface area (Å²) in [5.41, 5.74) is 4.71. The number of nitrogens with zero attached hydrogens (tertiary/aromatic N) is 4. The van der Waals surface area contributed by atoms with Gasteiger partial charge in [-0.15, -0.1) is 0 Å². The van der Waals surface area contributed by atoms with E-state index in [-0.39, 0.29) is 16.8 Å². The van der Waals surface area contributed by atoms with E-state index in [4.69, 9.17) is 9.72 Å². The molecule has 1 aliphatic carbocycles. The summed E-state index contributed by atoms with van der Waals surface area (Å²) in [5, 5.41) is 3.99. The number of aromatic nitrogens is 4. The molecule has 2 heterocycles. The third-order valence-electron chi connectivity index (χ3n) is 6.31. The lowest BCUT2D eigenvalue weighted by atomic mass is 9.93. The van der Waals surface area contributed by atoms with Crippen LogP contribution in [0.15, 0.2) is 65.8 Å². The van der Waals surface area contributed by atoms with Crippen molar-refractivity contribution in [1.82, 2.24) is 19.7 Å². The molecule has 5 rings (SSSR count). The van der Waals surface area contributed by atoms with Crippen LogP contribution >= 0.6 is 0 Å². The molecule has 1 saturated carbocycles. The van der Waals surface area contributed by atoms with Crippen LogP contribution in [0.25, 0.3) is 11.3 Å². The van der Waals surface area contributed by atoms with Gasteiger partial charge in [-0.3, -0.25) is 4.68 Å². The minimum atomic E-state index is -3.95. The molecule has 192 valence electrons. The molecule has 0 aliphatic heterocycles. The highest BCUT2D eigenvalue weighted by molar-refractivity contribution is 7.92. The highest BCUT2D eigenvalue weighted by Gasteiger charge is 2.34. The number of ether oxygens (including phenoxy) is 1. The maximum Gasteiger partial charge on any atom is 0.267 e. The summed E-state index contributed by atoms with van der Waals surface area (Å²) < 4.78 is 36.7. The van der Waals surface area contributed by atoms with Crippen molar-refractivity contribution in [3.05, 3.63) is 77.6 Å². The van der Waals surface area contributed by atoms with Crippen molar-refractivity contribution in [2.45, 2.75) is 50.8 Å². The van der Waals surface area contributed by atoms with Gasteiger partial charge in [-0.25, -0.2) is 18.1 Å². The van der Waals surface area contributed by atoms with Crippen LogP contribution in [0, 0.1) is 12.8 Å². The first kappa shape index (κ1) is 25.0. The maximum atomic E-state index is 13.1. The van der Waals surface area contributed by atoms with Gasteiger partial charge in [0.05, 0.1) is 11.9 Å². The molecule has 9 heteroatoms. The molecular formula is C28H31N5O3S. The van der Waals surface area contributed by atoms with Crippen LogP contribution in [0.2, 0.25) is 0 Å². The number of sulfonamides is 1. The van der Waals surface area contributed by atoms with Crippen LogP contribution in [0.4, 0.5) is 5.95 Å². The Labute approximate surface area is 217 Å². The molecule has 2 aromatic carbocycles. The van der Waals surface area contributed by atoms with E-state index in [0.29, 0.717) is 23.2 Å². The van der Waals surface area contributed by atoms with Gasteiger partial charge in [-0.1, -0.05) is 56.3 Å². The summed E-state index contributed by atoms with van der Waals surface area (Å²) in [7, 11) is -2.29. The zero-order valence-electron chi connectivity index (χ0n) is 21.5. The van der Waals surface area contributed by atoms with Gasteiger partial charge in [0.25, 0.3) is 10.0 Å². The summed E-state index contributed by atoms with van der Waals surface area (Å²) in [6.07, 6.45) is 5.62. The normalized spacial score (nSPS) is 13.6. The molecular weight excluding hydrogens is 486 g/mol. The van der Waals surface area contributed by atoms with E-state index in [2.05, 4.69) is 34.7 Å². The summed E-state index contributed by atoms with van der Waals surface area (Å²) in [6, 6.07) is 15.9. The number of aryl methyl sites for hydroxylation is 2. The first-order valence-corrected chi connectivity index (χ1v) is 13.9. The molecule has 0 unspecified atom stereocenters.